The summed E-state index contributed by atoms with van der Waals surface area (Å²) in [6.45, 7) is 2.32. The van der Waals surface area contributed by atoms with Crippen molar-refractivity contribution in [3.05, 3.63) is 216 Å². The standard InChI is InChI=1S/C47H43N3/c1-34(35-12-6-2-3-7-13-35)36-18-20-37(21-19-36)47(38-22-26-41(48)27-23-38,39-24-28-44(29-25-39)49-42-14-8-4-9-15-42)46-31-30-45(32-40(46)33-46)50-43-16-10-5-11-17-43/h2-12,14-32,34,40,49-50H,13,33,48H2,1H3. The Hall–Kier alpha value is -5.80. The molecule has 5 aromatic carbocycles. The molecule has 3 aliphatic rings. The van der Waals surface area contributed by atoms with E-state index in [4.69, 9.17) is 5.73 Å². The van der Waals surface area contributed by atoms with E-state index in [1.165, 1.54) is 27.8 Å². The maximum absolute atomic E-state index is 6.33. The molecule has 246 valence electrons. The molecular weight excluding hydrogens is 607 g/mol. The molecule has 5 aromatic rings. The molecule has 8 rings (SSSR count). The fourth-order valence-corrected chi connectivity index (χ4v) is 8.22. The monoisotopic (exact) mass is 649 g/mol. The second-order valence-corrected chi connectivity index (χ2v) is 13.8. The zero-order valence-electron chi connectivity index (χ0n) is 28.5. The number of fused-ring (bicyclic) bond motifs is 1. The van der Waals surface area contributed by atoms with Crippen LogP contribution >= 0.6 is 0 Å². The van der Waals surface area contributed by atoms with Gasteiger partial charge >= 0.3 is 0 Å². The van der Waals surface area contributed by atoms with Crippen LogP contribution < -0.4 is 16.4 Å². The first-order valence-electron chi connectivity index (χ1n) is 17.7. The van der Waals surface area contributed by atoms with Crippen molar-refractivity contribution >= 4 is 22.7 Å². The van der Waals surface area contributed by atoms with Gasteiger partial charge < -0.3 is 16.4 Å². The van der Waals surface area contributed by atoms with Gasteiger partial charge in [-0.2, -0.15) is 0 Å². The smallest absolute Gasteiger partial charge is 0.0547 e. The van der Waals surface area contributed by atoms with Gasteiger partial charge in [-0.25, -0.2) is 0 Å². The van der Waals surface area contributed by atoms with E-state index < -0.39 is 5.41 Å². The highest BCUT2D eigenvalue weighted by Crippen LogP contribution is 2.71. The van der Waals surface area contributed by atoms with E-state index in [0.29, 0.717) is 11.8 Å². The molecular formula is C47H43N3. The van der Waals surface area contributed by atoms with Crippen molar-refractivity contribution in [3.63, 3.8) is 0 Å². The highest BCUT2D eigenvalue weighted by molar-refractivity contribution is 5.66. The normalized spacial score (nSPS) is 20.8. The van der Waals surface area contributed by atoms with E-state index in [0.717, 1.165) is 41.3 Å². The predicted octanol–water partition coefficient (Wildman–Crippen LogP) is 11.5. The molecule has 0 aliphatic heterocycles. The predicted molar refractivity (Wildman–Crippen MR) is 211 cm³/mol. The van der Waals surface area contributed by atoms with Crippen LogP contribution in [0.15, 0.2) is 193 Å². The minimum atomic E-state index is -0.462. The van der Waals surface area contributed by atoms with E-state index in [-0.39, 0.29) is 5.41 Å². The Kier molecular flexibility index (Phi) is 8.34. The van der Waals surface area contributed by atoms with Crippen molar-refractivity contribution in [2.75, 3.05) is 16.4 Å². The summed E-state index contributed by atoms with van der Waals surface area (Å²) in [5.74, 6) is 0.674. The highest BCUT2D eigenvalue weighted by Gasteiger charge is 2.66. The second-order valence-electron chi connectivity index (χ2n) is 13.8. The summed E-state index contributed by atoms with van der Waals surface area (Å²) < 4.78 is 0. The number of nitrogens with two attached hydrogens (primary N) is 1. The molecule has 0 radical (unpaired) electrons. The maximum atomic E-state index is 6.33. The van der Waals surface area contributed by atoms with E-state index >= 15 is 0 Å². The van der Waals surface area contributed by atoms with E-state index in [9.17, 15) is 0 Å². The van der Waals surface area contributed by atoms with Gasteiger partial charge in [-0.1, -0.05) is 140 Å². The summed E-state index contributed by atoms with van der Waals surface area (Å²) in [4.78, 5) is 0. The minimum Gasteiger partial charge on any atom is -0.399 e. The molecule has 0 bridgehead atoms. The van der Waals surface area contributed by atoms with Crippen molar-refractivity contribution < 1.29 is 0 Å². The van der Waals surface area contributed by atoms with Crippen LogP contribution in [0.3, 0.4) is 0 Å². The van der Waals surface area contributed by atoms with Gasteiger partial charge in [0.2, 0.25) is 0 Å². The second kappa shape index (κ2) is 13.2. The van der Waals surface area contributed by atoms with Crippen LogP contribution in [0.1, 0.15) is 47.9 Å². The SMILES string of the molecule is CC(C1=CC=CC=CC1)c1ccc(C(c2ccc(N)cc2)(c2ccc(Nc3ccccc3)cc2)C23C=CC(Nc4ccccc4)=CC2C3)cc1. The van der Waals surface area contributed by atoms with Crippen molar-refractivity contribution in [1.82, 2.24) is 0 Å². The number of benzene rings is 5. The van der Waals surface area contributed by atoms with Crippen LogP contribution in [0.25, 0.3) is 0 Å². The Bertz CT molecular complexity index is 2100. The molecule has 0 aromatic heterocycles. The molecule has 0 amide bonds. The van der Waals surface area contributed by atoms with Crippen LogP contribution in [0, 0.1) is 11.3 Å². The zero-order valence-corrected chi connectivity index (χ0v) is 28.5. The largest absolute Gasteiger partial charge is 0.399 e. The lowest BCUT2D eigenvalue weighted by molar-refractivity contribution is 0.404. The number of hydrogen-bond acceptors (Lipinski definition) is 3. The summed E-state index contributed by atoms with van der Waals surface area (Å²) in [7, 11) is 0. The van der Waals surface area contributed by atoms with E-state index in [2.05, 4.69) is 194 Å². The summed E-state index contributed by atoms with van der Waals surface area (Å²) in [6, 6.07) is 48.0. The molecule has 1 fully saturated rings. The maximum Gasteiger partial charge on any atom is 0.0547 e. The lowest BCUT2D eigenvalue weighted by atomic mass is 9.58. The van der Waals surface area contributed by atoms with Crippen molar-refractivity contribution in [2.24, 2.45) is 11.3 Å². The van der Waals surface area contributed by atoms with Crippen molar-refractivity contribution in [3.8, 4) is 0 Å². The van der Waals surface area contributed by atoms with Gasteiger partial charge in [-0.3, -0.25) is 0 Å². The Labute approximate surface area is 296 Å². The van der Waals surface area contributed by atoms with E-state index in [1.807, 2.05) is 6.07 Å². The number of para-hydroxylation sites is 2. The number of nitrogen functional groups attached to an aromatic ring is 1. The van der Waals surface area contributed by atoms with Crippen LogP contribution in [-0.2, 0) is 5.41 Å². The third kappa shape index (κ3) is 5.79. The van der Waals surface area contributed by atoms with Crippen LogP contribution in [0.2, 0.25) is 0 Å². The average Bonchev–Trinajstić information content (AvgIpc) is 3.95. The number of allylic oxidation sites excluding steroid dienone is 9. The molecule has 3 aliphatic carbocycles. The molecule has 4 unspecified atom stereocenters. The molecule has 0 spiro atoms. The molecule has 50 heavy (non-hydrogen) atoms. The van der Waals surface area contributed by atoms with Gasteiger partial charge in [0, 0.05) is 39.8 Å². The molecule has 0 saturated heterocycles. The molecule has 3 nitrogen and oxygen atoms in total. The van der Waals surface area contributed by atoms with Gasteiger partial charge in [-0.05, 0) is 95.6 Å². The first-order chi connectivity index (χ1) is 24.5. The number of anilines is 4. The third-order valence-corrected chi connectivity index (χ3v) is 10.9. The van der Waals surface area contributed by atoms with Crippen LogP contribution in [0.5, 0.6) is 0 Å². The van der Waals surface area contributed by atoms with Gasteiger partial charge in [0.15, 0.2) is 0 Å². The summed E-state index contributed by atoms with van der Waals surface area (Å²) in [6.07, 6.45) is 20.2. The lowest BCUT2D eigenvalue weighted by Gasteiger charge is -2.44. The minimum absolute atomic E-state index is 0.161. The van der Waals surface area contributed by atoms with Crippen LogP contribution in [-0.4, -0.2) is 0 Å². The van der Waals surface area contributed by atoms with Gasteiger partial charge in [0.05, 0.1) is 5.41 Å². The summed E-state index contributed by atoms with van der Waals surface area (Å²) in [5, 5.41) is 7.24. The van der Waals surface area contributed by atoms with Crippen molar-refractivity contribution in [1.29, 1.82) is 0 Å². The zero-order chi connectivity index (χ0) is 34.0. The Balaban J connectivity index is 1.25. The number of nitrogens with one attached hydrogen (secondary N) is 2. The Morgan fingerprint density at radius 3 is 1.88 bits per heavy atom. The van der Waals surface area contributed by atoms with E-state index in [1.54, 1.807) is 0 Å². The molecule has 3 heteroatoms. The highest BCUT2D eigenvalue weighted by atomic mass is 14.9. The molecule has 4 N–H and O–H groups in total. The van der Waals surface area contributed by atoms with Gasteiger partial charge in [-0.15, -0.1) is 0 Å². The summed E-state index contributed by atoms with van der Waals surface area (Å²) in [5.41, 5.74) is 17.4. The quantitative estimate of drug-likeness (QED) is 0.104. The van der Waals surface area contributed by atoms with Gasteiger partial charge in [0.1, 0.15) is 0 Å². The number of rotatable bonds is 10. The lowest BCUT2D eigenvalue weighted by Crippen LogP contribution is -2.40. The Morgan fingerprint density at radius 1 is 0.660 bits per heavy atom. The topological polar surface area (TPSA) is 50.1 Å². The first kappa shape index (κ1) is 31.5. The third-order valence-electron chi connectivity index (χ3n) is 10.9. The fourth-order valence-electron chi connectivity index (χ4n) is 8.22. The summed E-state index contributed by atoms with van der Waals surface area (Å²) >= 11 is 0. The van der Waals surface area contributed by atoms with Gasteiger partial charge in [0.25, 0.3) is 0 Å². The molecule has 0 heterocycles. The van der Waals surface area contributed by atoms with Crippen molar-refractivity contribution in [2.45, 2.75) is 31.1 Å². The number of hydrogen-bond donors (Lipinski definition) is 3. The Morgan fingerprint density at radius 2 is 1.24 bits per heavy atom. The fraction of sp³-hybridized carbons (Fsp3) is 0.149. The molecule has 4 atom stereocenters. The molecule has 1 saturated carbocycles. The average molecular weight is 650 g/mol. The first-order valence-corrected chi connectivity index (χ1v) is 17.7. The van der Waals surface area contributed by atoms with Crippen LogP contribution in [0.4, 0.5) is 22.7 Å².